The fourth-order valence-corrected chi connectivity index (χ4v) is 3.58. The molecule has 2 aromatic rings. The number of hydrogen-bond donors (Lipinski definition) is 1. The molecular weight excluding hydrogens is 356 g/mol. The fraction of sp³-hybridized carbons (Fsp3) is 0.556. The Balaban J connectivity index is 0.00000196. The average molecular weight is 381 g/mol. The lowest BCUT2D eigenvalue weighted by molar-refractivity contribution is -0.00930. The van der Waals surface area contributed by atoms with Crippen molar-refractivity contribution in [3.05, 3.63) is 41.6 Å². The molecule has 4 heterocycles. The Bertz CT molecular complexity index is 738. The smallest absolute Gasteiger partial charge is 0.275 e. The predicted molar refractivity (Wildman–Crippen MR) is 98.7 cm³/mol. The lowest BCUT2D eigenvalue weighted by Gasteiger charge is -2.34. The van der Waals surface area contributed by atoms with Crippen molar-refractivity contribution >= 4 is 18.3 Å². The van der Waals surface area contributed by atoms with Gasteiger partial charge in [0.05, 0.1) is 19.3 Å². The molecule has 2 fully saturated rings. The van der Waals surface area contributed by atoms with Crippen molar-refractivity contribution in [3.63, 3.8) is 0 Å². The zero-order valence-electron chi connectivity index (χ0n) is 14.9. The van der Waals surface area contributed by atoms with E-state index >= 15 is 0 Å². The molecular formula is C18H25ClN4O3. The van der Waals surface area contributed by atoms with Gasteiger partial charge >= 0.3 is 0 Å². The summed E-state index contributed by atoms with van der Waals surface area (Å²) in [5.74, 6) is 1.54. The van der Waals surface area contributed by atoms with Crippen LogP contribution in [0.4, 0.5) is 0 Å². The van der Waals surface area contributed by atoms with Crippen LogP contribution in [0.2, 0.25) is 0 Å². The predicted octanol–water partition coefficient (Wildman–Crippen LogP) is 2.34. The molecule has 0 spiro atoms. The van der Waals surface area contributed by atoms with Gasteiger partial charge in [0.1, 0.15) is 23.3 Å². The maximum absolute atomic E-state index is 13.0. The highest BCUT2D eigenvalue weighted by molar-refractivity contribution is 5.92. The van der Waals surface area contributed by atoms with E-state index in [0.29, 0.717) is 31.5 Å². The van der Waals surface area contributed by atoms with E-state index in [9.17, 15) is 4.79 Å². The van der Waals surface area contributed by atoms with Crippen molar-refractivity contribution in [1.82, 2.24) is 20.0 Å². The Kier molecular flexibility index (Phi) is 6.01. The average Bonchev–Trinajstić information content (AvgIpc) is 3.31. The van der Waals surface area contributed by atoms with Crippen LogP contribution < -0.4 is 5.32 Å². The van der Waals surface area contributed by atoms with Gasteiger partial charge in [0.25, 0.3) is 5.91 Å². The number of piperidine rings is 1. The van der Waals surface area contributed by atoms with Crippen LogP contribution in [-0.4, -0.2) is 53.4 Å². The molecule has 2 aliphatic heterocycles. The molecule has 4 rings (SSSR count). The van der Waals surface area contributed by atoms with Crippen molar-refractivity contribution in [2.75, 3.05) is 32.8 Å². The minimum Gasteiger partial charge on any atom is -0.464 e. The number of nitrogens with one attached hydrogen (secondary N) is 1. The van der Waals surface area contributed by atoms with E-state index in [-0.39, 0.29) is 24.4 Å². The molecule has 2 saturated heterocycles. The van der Waals surface area contributed by atoms with Gasteiger partial charge in [-0.3, -0.25) is 9.48 Å². The second-order valence-electron chi connectivity index (χ2n) is 6.72. The number of rotatable bonds is 3. The van der Waals surface area contributed by atoms with Crippen molar-refractivity contribution in [3.8, 4) is 0 Å². The van der Waals surface area contributed by atoms with Crippen molar-refractivity contribution < 1.29 is 13.9 Å². The van der Waals surface area contributed by atoms with E-state index in [4.69, 9.17) is 9.15 Å². The molecule has 2 aliphatic rings. The SMILES string of the molecule is Cc1ccc(C2COCCN2C(=O)c2ccn(C3CCCNC3)n2)o1.Cl. The third-order valence-corrected chi connectivity index (χ3v) is 4.95. The lowest BCUT2D eigenvalue weighted by atomic mass is 10.1. The normalized spacial score (nSPS) is 23.5. The molecule has 142 valence electrons. The largest absolute Gasteiger partial charge is 0.464 e. The second-order valence-corrected chi connectivity index (χ2v) is 6.72. The first kappa shape index (κ1) is 18.9. The van der Waals surface area contributed by atoms with E-state index in [2.05, 4.69) is 10.4 Å². The number of furan rings is 1. The quantitative estimate of drug-likeness (QED) is 0.884. The summed E-state index contributed by atoms with van der Waals surface area (Å²) in [7, 11) is 0. The Morgan fingerprint density at radius 2 is 2.23 bits per heavy atom. The standard InChI is InChI=1S/C18H24N4O3.ClH/c1-13-4-5-17(25-13)16-12-24-10-9-21(16)18(23)15-6-8-22(20-15)14-3-2-7-19-11-14;/h4-6,8,14,16,19H,2-3,7,9-12H2,1H3;1H. The number of ether oxygens (including phenoxy) is 1. The van der Waals surface area contributed by atoms with Gasteiger partial charge in [-0.15, -0.1) is 12.4 Å². The molecule has 0 aliphatic carbocycles. The monoisotopic (exact) mass is 380 g/mol. The Labute approximate surface area is 159 Å². The highest BCUT2D eigenvalue weighted by atomic mass is 35.5. The van der Waals surface area contributed by atoms with Crippen molar-refractivity contribution in [1.29, 1.82) is 0 Å². The second kappa shape index (κ2) is 8.24. The first-order valence-corrected chi connectivity index (χ1v) is 8.93. The number of nitrogens with zero attached hydrogens (tertiary/aromatic N) is 3. The molecule has 0 saturated carbocycles. The number of aryl methyl sites for hydroxylation is 1. The summed E-state index contributed by atoms with van der Waals surface area (Å²) in [5.41, 5.74) is 0.487. The van der Waals surface area contributed by atoms with Crippen LogP contribution in [0.1, 0.15) is 46.9 Å². The fourth-order valence-electron chi connectivity index (χ4n) is 3.58. The number of carbonyl (C=O) groups excluding carboxylic acids is 1. The molecule has 7 nitrogen and oxygen atoms in total. The first-order valence-electron chi connectivity index (χ1n) is 8.93. The van der Waals surface area contributed by atoms with Crippen LogP contribution in [0, 0.1) is 6.92 Å². The molecule has 2 atom stereocenters. The van der Waals surface area contributed by atoms with Gasteiger partial charge in [-0.2, -0.15) is 5.10 Å². The van der Waals surface area contributed by atoms with E-state index in [1.807, 2.05) is 40.9 Å². The van der Waals surface area contributed by atoms with Crippen molar-refractivity contribution in [2.45, 2.75) is 31.8 Å². The van der Waals surface area contributed by atoms with Gasteiger partial charge in [0.15, 0.2) is 0 Å². The van der Waals surface area contributed by atoms with E-state index in [1.165, 1.54) is 0 Å². The summed E-state index contributed by atoms with van der Waals surface area (Å²) in [6, 6.07) is 5.77. The Hall–Kier alpha value is -1.83. The number of hydrogen-bond acceptors (Lipinski definition) is 5. The van der Waals surface area contributed by atoms with Crippen LogP contribution in [-0.2, 0) is 4.74 Å². The summed E-state index contributed by atoms with van der Waals surface area (Å²) in [4.78, 5) is 14.8. The summed E-state index contributed by atoms with van der Waals surface area (Å²) in [6.07, 6.45) is 4.14. The summed E-state index contributed by atoms with van der Waals surface area (Å²) in [6.45, 7) is 5.39. The van der Waals surface area contributed by atoms with E-state index in [1.54, 1.807) is 0 Å². The van der Waals surface area contributed by atoms with Gasteiger partial charge in [0, 0.05) is 19.3 Å². The van der Waals surface area contributed by atoms with Gasteiger partial charge < -0.3 is 19.4 Å². The number of carbonyl (C=O) groups is 1. The van der Waals surface area contributed by atoms with Crippen LogP contribution in [0.15, 0.2) is 28.8 Å². The molecule has 0 bridgehead atoms. The zero-order valence-corrected chi connectivity index (χ0v) is 15.7. The van der Waals surface area contributed by atoms with Gasteiger partial charge in [-0.25, -0.2) is 0 Å². The Morgan fingerprint density at radius 1 is 1.35 bits per heavy atom. The zero-order chi connectivity index (χ0) is 17.2. The maximum atomic E-state index is 13.0. The summed E-state index contributed by atoms with van der Waals surface area (Å²) < 4.78 is 13.2. The molecule has 1 amide bonds. The number of morpholine rings is 1. The molecule has 2 unspecified atom stereocenters. The van der Waals surface area contributed by atoms with Gasteiger partial charge in [-0.1, -0.05) is 0 Å². The number of aromatic nitrogens is 2. The first-order chi connectivity index (χ1) is 12.2. The van der Waals surface area contributed by atoms with Gasteiger partial charge in [-0.05, 0) is 44.5 Å². The molecule has 2 aromatic heterocycles. The number of amides is 1. The molecule has 0 radical (unpaired) electrons. The van der Waals surface area contributed by atoms with Crippen LogP contribution in [0.25, 0.3) is 0 Å². The minimum atomic E-state index is -0.198. The topological polar surface area (TPSA) is 72.5 Å². The highest BCUT2D eigenvalue weighted by Gasteiger charge is 2.32. The summed E-state index contributed by atoms with van der Waals surface area (Å²) in [5, 5.41) is 7.94. The van der Waals surface area contributed by atoms with Crippen LogP contribution >= 0.6 is 12.4 Å². The van der Waals surface area contributed by atoms with Crippen molar-refractivity contribution in [2.24, 2.45) is 0 Å². The highest BCUT2D eigenvalue weighted by Crippen LogP contribution is 2.27. The van der Waals surface area contributed by atoms with E-state index in [0.717, 1.165) is 37.5 Å². The minimum absolute atomic E-state index is 0. The number of halogens is 1. The Morgan fingerprint density at radius 3 is 2.96 bits per heavy atom. The third kappa shape index (κ3) is 3.79. The lowest BCUT2D eigenvalue weighted by Crippen LogP contribution is -2.43. The third-order valence-electron chi connectivity index (χ3n) is 4.95. The van der Waals surface area contributed by atoms with Crippen LogP contribution in [0.5, 0.6) is 0 Å². The molecule has 8 heteroatoms. The van der Waals surface area contributed by atoms with Crippen LogP contribution in [0.3, 0.4) is 0 Å². The van der Waals surface area contributed by atoms with E-state index < -0.39 is 0 Å². The summed E-state index contributed by atoms with van der Waals surface area (Å²) >= 11 is 0. The van der Waals surface area contributed by atoms with Gasteiger partial charge in [0.2, 0.25) is 0 Å². The molecule has 1 N–H and O–H groups in total. The molecule has 26 heavy (non-hydrogen) atoms. The maximum Gasteiger partial charge on any atom is 0.275 e. The molecule has 0 aromatic carbocycles.